The Labute approximate surface area is 104 Å². The molecule has 0 radical (unpaired) electrons. The predicted octanol–water partition coefficient (Wildman–Crippen LogP) is 2.37. The molecule has 2 N–H and O–H groups in total. The van der Waals surface area contributed by atoms with Crippen molar-refractivity contribution in [1.82, 2.24) is 0 Å². The molecule has 0 saturated carbocycles. The van der Waals surface area contributed by atoms with Gasteiger partial charge in [-0.1, -0.05) is 23.4 Å². The third kappa shape index (κ3) is 3.97. The van der Waals surface area contributed by atoms with Crippen LogP contribution in [0.3, 0.4) is 0 Å². The summed E-state index contributed by atoms with van der Waals surface area (Å²) in [6.07, 6.45) is -0.0680. The first kappa shape index (κ1) is 13.3. The van der Waals surface area contributed by atoms with E-state index in [9.17, 15) is 9.18 Å². The van der Waals surface area contributed by atoms with Crippen LogP contribution in [0.2, 0.25) is 5.02 Å². The molecule has 90 valence electrons. The quantitative estimate of drug-likeness (QED) is 0.501. The summed E-state index contributed by atoms with van der Waals surface area (Å²) in [6.45, 7) is 2.00. The number of hydrogen-bond donors (Lipinski definition) is 1. The SMILES string of the molecule is CCOC(=O)CC#Cc1cc(F)cc(Cl)c1N. The maximum absolute atomic E-state index is 13.0. The molecule has 17 heavy (non-hydrogen) atoms. The van der Waals surface area contributed by atoms with Gasteiger partial charge in [0.15, 0.2) is 0 Å². The Morgan fingerprint density at radius 1 is 1.59 bits per heavy atom. The van der Waals surface area contributed by atoms with E-state index in [-0.39, 0.29) is 22.7 Å². The molecular formula is C12H11ClFNO2. The highest BCUT2D eigenvalue weighted by Crippen LogP contribution is 2.23. The lowest BCUT2D eigenvalue weighted by atomic mass is 10.2. The van der Waals surface area contributed by atoms with Crippen molar-refractivity contribution in [3.05, 3.63) is 28.5 Å². The van der Waals surface area contributed by atoms with Gasteiger partial charge in [-0.05, 0) is 19.1 Å². The van der Waals surface area contributed by atoms with Crippen LogP contribution < -0.4 is 5.73 Å². The summed E-state index contributed by atoms with van der Waals surface area (Å²) in [5.41, 5.74) is 6.07. The van der Waals surface area contributed by atoms with Gasteiger partial charge in [-0.3, -0.25) is 4.79 Å². The smallest absolute Gasteiger partial charge is 0.317 e. The molecule has 1 rings (SSSR count). The number of benzene rings is 1. The topological polar surface area (TPSA) is 52.3 Å². The molecule has 0 aromatic heterocycles. The fraction of sp³-hybridized carbons (Fsp3) is 0.250. The van der Waals surface area contributed by atoms with E-state index in [4.69, 9.17) is 17.3 Å². The van der Waals surface area contributed by atoms with Crippen LogP contribution in [0.4, 0.5) is 10.1 Å². The lowest BCUT2D eigenvalue weighted by Gasteiger charge is -2.01. The minimum atomic E-state index is -0.523. The van der Waals surface area contributed by atoms with Crippen molar-refractivity contribution in [2.24, 2.45) is 0 Å². The maximum atomic E-state index is 13.0. The fourth-order valence-corrected chi connectivity index (χ4v) is 1.32. The van der Waals surface area contributed by atoms with Crippen LogP contribution in [0.25, 0.3) is 0 Å². The molecule has 5 heteroatoms. The van der Waals surface area contributed by atoms with Crippen LogP contribution in [0, 0.1) is 17.7 Å². The van der Waals surface area contributed by atoms with Gasteiger partial charge in [0.25, 0.3) is 0 Å². The van der Waals surface area contributed by atoms with E-state index >= 15 is 0 Å². The molecule has 0 aliphatic carbocycles. The molecule has 0 spiro atoms. The van der Waals surface area contributed by atoms with Crippen LogP contribution >= 0.6 is 11.6 Å². The zero-order valence-electron chi connectivity index (χ0n) is 9.22. The van der Waals surface area contributed by atoms with Crippen molar-refractivity contribution >= 4 is 23.3 Å². The average Bonchev–Trinajstić information content (AvgIpc) is 2.25. The van der Waals surface area contributed by atoms with E-state index in [1.165, 1.54) is 6.07 Å². The number of ether oxygens (including phenoxy) is 1. The second-order valence-electron chi connectivity index (χ2n) is 3.13. The van der Waals surface area contributed by atoms with Crippen LogP contribution in [0.1, 0.15) is 18.9 Å². The van der Waals surface area contributed by atoms with Crippen molar-refractivity contribution in [2.75, 3.05) is 12.3 Å². The third-order valence-corrected chi connectivity index (χ3v) is 2.17. The molecule has 1 aromatic rings. The van der Waals surface area contributed by atoms with Gasteiger partial charge in [0.2, 0.25) is 0 Å². The Hall–Kier alpha value is -1.73. The first-order valence-electron chi connectivity index (χ1n) is 4.93. The number of anilines is 1. The summed E-state index contributed by atoms with van der Waals surface area (Å²) in [6, 6.07) is 2.27. The Morgan fingerprint density at radius 3 is 2.94 bits per heavy atom. The molecule has 1 aromatic carbocycles. The van der Waals surface area contributed by atoms with Crippen LogP contribution in [-0.2, 0) is 9.53 Å². The summed E-state index contributed by atoms with van der Waals surface area (Å²) in [7, 11) is 0. The highest BCUT2D eigenvalue weighted by atomic mass is 35.5. The maximum Gasteiger partial charge on any atom is 0.317 e. The van der Waals surface area contributed by atoms with Gasteiger partial charge in [0.1, 0.15) is 12.2 Å². The summed E-state index contributed by atoms with van der Waals surface area (Å²) in [5, 5.41) is 0.102. The monoisotopic (exact) mass is 255 g/mol. The number of carbonyl (C=O) groups is 1. The number of esters is 1. The van der Waals surface area contributed by atoms with Crippen LogP contribution in [0.15, 0.2) is 12.1 Å². The number of halogens is 2. The van der Waals surface area contributed by atoms with Gasteiger partial charge < -0.3 is 10.5 Å². The molecule has 0 bridgehead atoms. The molecule has 0 unspecified atom stereocenters. The van der Waals surface area contributed by atoms with E-state index < -0.39 is 11.8 Å². The minimum absolute atomic E-state index is 0.0680. The molecule has 0 atom stereocenters. The van der Waals surface area contributed by atoms with Gasteiger partial charge in [0, 0.05) is 0 Å². The lowest BCUT2D eigenvalue weighted by molar-refractivity contribution is -0.141. The van der Waals surface area contributed by atoms with Crippen molar-refractivity contribution in [2.45, 2.75) is 13.3 Å². The van der Waals surface area contributed by atoms with Crippen LogP contribution in [-0.4, -0.2) is 12.6 Å². The fourth-order valence-electron chi connectivity index (χ4n) is 1.11. The van der Waals surface area contributed by atoms with E-state index in [1.54, 1.807) is 6.92 Å². The Bertz CT molecular complexity index is 491. The molecule has 0 aliphatic heterocycles. The Balaban J connectivity index is 2.82. The van der Waals surface area contributed by atoms with Gasteiger partial charge in [-0.15, -0.1) is 0 Å². The summed E-state index contributed by atoms with van der Waals surface area (Å²) < 4.78 is 17.7. The van der Waals surface area contributed by atoms with Crippen molar-refractivity contribution in [1.29, 1.82) is 0 Å². The number of rotatable bonds is 2. The van der Waals surface area contributed by atoms with Gasteiger partial charge >= 0.3 is 5.97 Å². The number of nitrogen functional groups attached to an aromatic ring is 1. The normalized spacial score (nSPS) is 9.35. The second-order valence-corrected chi connectivity index (χ2v) is 3.54. The highest BCUT2D eigenvalue weighted by Gasteiger charge is 2.04. The van der Waals surface area contributed by atoms with Crippen molar-refractivity contribution in [3.8, 4) is 11.8 Å². The highest BCUT2D eigenvalue weighted by molar-refractivity contribution is 6.33. The third-order valence-electron chi connectivity index (χ3n) is 1.86. The second kappa shape index (κ2) is 6.12. The van der Waals surface area contributed by atoms with E-state index in [2.05, 4.69) is 16.6 Å². The Kier molecular flexibility index (Phi) is 4.80. The average molecular weight is 256 g/mol. The molecule has 0 heterocycles. The molecule has 0 saturated heterocycles. The molecule has 0 fully saturated rings. The lowest BCUT2D eigenvalue weighted by Crippen LogP contribution is -2.01. The number of hydrogen-bond acceptors (Lipinski definition) is 3. The van der Waals surface area contributed by atoms with E-state index in [0.29, 0.717) is 6.61 Å². The summed E-state index contributed by atoms with van der Waals surface area (Å²) >= 11 is 5.69. The summed E-state index contributed by atoms with van der Waals surface area (Å²) in [5.74, 6) is 4.18. The number of nitrogens with two attached hydrogens (primary N) is 1. The van der Waals surface area contributed by atoms with E-state index in [0.717, 1.165) is 6.07 Å². The Morgan fingerprint density at radius 2 is 2.29 bits per heavy atom. The van der Waals surface area contributed by atoms with Gasteiger partial charge in [-0.25, -0.2) is 4.39 Å². The first-order chi connectivity index (χ1) is 8.04. The van der Waals surface area contributed by atoms with Crippen molar-refractivity contribution in [3.63, 3.8) is 0 Å². The minimum Gasteiger partial charge on any atom is -0.465 e. The van der Waals surface area contributed by atoms with Gasteiger partial charge in [-0.2, -0.15) is 0 Å². The van der Waals surface area contributed by atoms with Gasteiger partial charge in [0.05, 0.1) is 22.9 Å². The van der Waals surface area contributed by atoms with Crippen LogP contribution in [0.5, 0.6) is 0 Å². The van der Waals surface area contributed by atoms with E-state index in [1.807, 2.05) is 0 Å². The zero-order valence-corrected chi connectivity index (χ0v) is 9.97. The molecule has 0 amide bonds. The number of carbonyl (C=O) groups excluding carboxylic acids is 1. The standard InChI is InChI=1S/C12H11ClFNO2/c1-2-17-11(16)5-3-4-8-6-9(14)7-10(13)12(8)15/h6-7H,2,5,15H2,1H3. The molecular weight excluding hydrogens is 245 g/mol. The largest absolute Gasteiger partial charge is 0.465 e. The molecule has 3 nitrogen and oxygen atoms in total. The summed E-state index contributed by atoms with van der Waals surface area (Å²) in [4.78, 5) is 11.0. The zero-order chi connectivity index (χ0) is 12.8. The molecule has 0 aliphatic rings. The first-order valence-corrected chi connectivity index (χ1v) is 5.31. The predicted molar refractivity (Wildman–Crippen MR) is 64.0 cm³/mol. The van der Waals surface area contributed by atoms with Crippen molar-refractivity contribution < 1.29 is 13.9 Å².